The Morgan fingerprint density at radius 3 is 2.55 bits per heavy atom. The van der Waals surface area contributed by atoms with Crippen molar-refractivity contribution in [1.82, 2.24) is 9.97 Å². The van der Waals surface area contributed by atoms with E-state index in [0.717, 1.165) is 10.8 Å². The first-order chi connectivity index (χ1) is 19.5. The minimum Gasteiger partial charge on any atom is -0.438 e. The third-order valence-corrected chi connectivity index (χ3v) is 7.23. The van der Waals surface area contributed by atoms with Gasteiger partial charge in [0.2, 0.25) is 11.8 Å². The normalized spacial score (nSPS) is 16.2. The highest BCUT2D eigenvalue weighted by Gasteiger charge is 2.20. The number of nitrogens with zero attached hydrogens (tertiary/aromatic N) is 4. The Labute approximate surface area is 231 Å². The number of aromatic nitrogens is 2. The van der Waals surface area contributed by atoms with E-state index in [-0.39, 0.29) is 11.7 Å². The maximum atomic E-state index is 14.5. The first kappa shape index (κ1) is 26.0. The van der Waals surface area contributed by atoms with Gasteiger partial charge in [0.25, 0.3) is 5.91 Å². The van der Waals surface area contributed by atoms with Crippen molar-refractivity contribution >= 4 is 34.0 Å². The second-order valence-electron chi connectivity index (χ2n) is 9.92. The number of ether oxygens (including phenoxy) is 2. The van der Waals surface area contributed by atoms with E-state index < -0.39 is 11.7 Å². The maximum absolute atomic E-state index is 14.5. The molecule has 0 aliphatic carbocycles. The van der Waals surface area contributed by atoms with E-state index >= 15 is 0 Å². The fourth-order valence-corrected chi connectivity index (χ4v) is 5.09. The number of halogens is 1. The van der Waals surface area contributed by atoms with E-state index in [1.54, 1.807) is 30.5 Å². The number of hydrogen-bond donors (Lipinski definition) is 2. The van der Waals surface area contributed by atoms with E-state index in [1.807, 2.05) is 34.1 Å². The average molecular weight is 544 g/mol. The molecule has 1 aromatic heterocycles. The number of rotatable bonds is 6. The van der Waals surface area contributed by atoms with Gasteiger partial charge in [0.1, 0.15) is 11.6 Å². The zero-order chi connectivity index (χ0) is 27.5. The molecule has 10 heteroatoms. The Morgan fingerprint density at radius 2 is 1.75 bits per heavy atom. The molecule has 6 rings (SSSR count). The number of anilines is 3. The molecular formula is C30H30FN5O4. The molecule has 2 fully saturated rings. The first-order valence-electron chi connectivity index (χ1n) is 13.4. The molecule has 0 bridgehead atoms. The van der Waals surface area contributed by atoms with Crippen LogP contribution in [0.5, 0.6) is 11.6 Å². The zero-order valence-corrected chi connectivity index (χ0v) is 21.9. The van der Waals surface area contributed by atoms with Crippen LogP contribution in [0.4, 0.5) is 21.7 Å². The van der Waals surface area contributed by atoms with Gasteiger partial charge in [-0.1, -0.05) is 24.3 Å². The molecule has 0 atom stereocenters. The van der Waals surface area contributed by atoms with Crippen molar-refractivity contribution in [2.45, 2.75) is 18.9 Å². The Balaban J connectivity index is 1.23. The summed E-state index contributed by atoms with van der Waals surface area (Å²) in [5.74, 6) is 0.665. The quantitative estimate of drug-likeness (QED) is 0.364. The van der Waals surface area contributed by atoms with Crippen LogP contribution in [0.25, 0.3) is 10.8 Å². The highest BCUT2D eigenvalue weighted by Crippen LogP contribution is 2.34. The summed E-state index contributed by atoms with van der Waals surface area (Å²) >= 11 is 0. The van der Waals surface area contributed by atoms with Crippen LogP contribution in [-0.4, -0.2) is 66.5 Å². The maximum Gasteiger partial charge on any atom is 0.255 e. The lowest BCUT2D eigenvalue weighted by Gasteiger charge is -2.29. The van der Waals surface area contributed by atoms with Crippen LogP contribution >= 0.6 is 0 Å². The van der Waals surface area contributed by atoms with Gasteiger partial charge in [-0.05, 0) is 43.2 Å². The molecule has 2 aliphatic rings. The van der Waals surface area contributed by atoms with E-state index in [4.69, 9.17) is 9.47 Å². The van der Waals surface area contributed by atoms with Gasteiger partial charge in [-0.15, -0.1) is 0 Å². The van der Waals surface area contributed by atoms with Gasteiger partial charge in [0, 0.05) is 66.2 Å². The topological polar surface area (TPSA) is 100 Å². The van der Waals surface area contributed by atoms with Crippen LogP contribution in [0.1, 0.15) is 23.2 Å². The van der Waals surface area contributed by atoms with Gasteiger partial charge in [-0.2, -0.15) is 4.98 Å². The molecule has 0 saturated carbocycles. The number of aliphatic hydroxyl groups excluding tert-OH is 1. The molecule has 1 amide bonds. The number of hydrogen-bond acceptors (Lipinski definition) is 8. The fraction of sp³-hybridized carbons (Fsp3) is 0.300. The molecule has 0 spiro atoms. The summed E-state index contributed by atoms with van der Waals surface area (Å²) in [4.78, 5) is 26.2. The summed E-state index contributed by atoms with van der Waals surface area (Å²) < 4.78 is 26.1. The van der Waals surface area contributed by atoms with Crippen molar-refractivity contribution in [2.24, 2.45) is 0 Å². The van der Waals surface area contributed by atoms with Gasteiger partial charge in [-0.25, -0.2) is 9.37 Å². The molecule has 9 nitrogen and oxygen atoms in total. The molecule has 2 N–H and O–H groups in total. The Morgan fingerprint density at radius 1 is 0.975 bits per heavy atom. The molecule has 0 unspecified atom stereocenters. The summed E-state index contributed by atoms with van der Waals surface area (Å²) in [6.45, 7) is 3.79. The van der Waals surface area contributed by atoms with Crippen molar-refractivity contribution in [3.63, 3.8) is 0 Å². The fourth-order valence-electron chi connectivity index (χ4n) is 5.09. The highest BCUT2D eigenvalue weighted by molar-refractivity contribution is 6.10. The lowest BCUT2D eigenvalue weighted by Crippen LogP contribution is -2.36. The minimum absolute atomic E-state index is 0.240. The molecule has 2 aliphatic heterocycles. The van der Waals surface area contributed by atoms with Crippen molar-refractivity contribution in [3.05, 3.63) is 78.2 Å². The number of amides is 1. The number of nitrogens with one attached hydrogen (secondary N) is 1. The van der Waals surface area contributed by atoms with Gasteiger partial charge >= 0.3 is 0 Å². The zero-order valence-electron chi connectivity index (χ0n) is 21.9. The number of carbonyl (C=O) groups excluding carboxylic acids is 1. The summed E-state index contributed by atoms with van der Waals surface area (Å²) in [6.07, 6.45) is 2.73. The van der Waals surface area contributed by atoms with Gasteiger partial charge < -0.3 is 29.7 Å². The SMILES string of the molecule is O=C(Nc1ccc(Oc2ccnc(N3CCC(O)CC3)n2)c2ccccc12)c1cc(F)cc(N2CCOCC2)c1. The third-order valence-electron chi connectivity index (χ3n) is 7.23. The lowest BCUT2D eigenvalue weighted by molar-refractivity contribution is 0.102. The number of piperidine rings is 1. The molecule has 2 saturated heterocycles. The van der Waals surface area contributed by atoms with Crippen molar-refractivity contribution in [3.8, 4) is 11.6 Å². The molecule has 3 heterocycles. The monoisotopic (exact) mass is 543 g/mol. The Bertz CT molecular complexity index is 1520. The average Bonchev–Trinajstić information content (AvgIpc) is 2.99. The van der Waals surface area contributed by atoms with Crippen LogP contribution in [0, 0.1) is 5.82 Å². The summed E-state index contributed by atoms with van der Waals surface area (Å²) in [5.41, 5.74) is 1.48. The molecule has 206 valence electrons. The van der Waals surface area contributed by atoms with E-state index in [2.05, 4.69) is 15.3 Å². The Kier molecular flexibility index (Phi) is 7.43. The van der Waals surface area contributed by atoms with Crippen LogP contribution in [0.3, 0.4) is 0 Å². The van der Waals surface area contributed by atoms with Gasteiger partial charge in [-0.3, -0.25) is 4.79 Å². The second kappa shape index (κ2) is 11.4. The number of aliphatic hydroxyl groups is 1. The van der Waals surface area contributed by atoms with Gasteiger partial charge in [0.15, 0.2) is 0 Å². The third kappa shape index (κ3) is 5.68. The lowest BCUT2D eigenvalue weighted by atomic mass is 10.1. The highest BCUT2D eigenvalue weighted by atomic mass is 19.1. The number of benzene rings is 3. The van der Waals surface area contributed by atoms with Crippen molar-refractivity contribution < 1.29 is 23.8 Å². The van der Waals surface area contributed by atoms with Crippen LogP contribution in [0.15, 0.2) is 66.9 Å². The van der Waals surface area contributed by atoms with E-state index in [1.165, 1.54) is 12.1 Å². The first-order valence-corrected chi connectivity index (χ1v) is 13.4. The van der Waals surface area contributed by atoms with Crippen molar-refractivity contribution in [2.75, 3.05) is 54.5 Å². The number of fused-ring (bicyclic) bond motifs is 1. The smallest absolute Gasteiger partial charge is 0.255 e. The summed E-state index contributed by atoms with van der Waals surface area (Å²) in [7, 11) is 0. The minimum atomic E-state index is -0.465. The Hall–Kier alpha value is -4.28. The van der Waals surface area contributed by atoms with Gasteiger partial charge in [0.05, 0.1) is 19.3 Å². The molecule has 4 aromatic rings. The predicted octanol–water partition coefficient (Wildman–Crippen LogP) is 4.61. The van der Waals surface area contributed by atoms with Crippen LogP contribution in [0.2, 0.25) is 0 Å². The van der Waals surface area contributed by atoms with Crippen molar-refractivity contribution in [1.29, 1.82) is 0 Å². The molecule has 0 radical (unpaired) electrons. The van der Waals surface area contributed by atoms with Crippen LogP contribution < -0.4 is 19.9 Å². The predicted molar refractivity (Wildman–Crippen MR) is 151 cm³/mol. The summed E-state index contributed by atoms with van der Waals surface area (Å²) in [6, 6.07) is 17.2. The molecular weight excluding hydrogens is 513 g/mol. The number of morpholine rings is 1. The van der Waals surface area contributed by atoms with E-state index in [9.17, 15) is 14.3 Å². The molecule has 40 heavy (non-hydrogen) atoms. The largest absolute Gasteiger partial charge is 0.438 e. The summed E-state index contributed by atoms with van der Waals surface area (Å²) in [5, 5.41) is 14.3. The van der Waals surface area contributed by atoms with Crippen LogP contribution in [-0.2, 0) is 4.74 Å². The number of carbonyl (C=O) groups is 1. The molecule has 3 aromatic carbocycles. The second-order valence-corrected chi connectivity index (χ2v) is 9.92. The standard InChI is InChI=1S/C30H30FN5O4/c31-21-17-20(18-22(19-21)35-13-15-39-16-14-35)29(38)33-26-5-6-27(25-4-2-1-3-24(25)26)40-28-7-10-32-30(34-28)36-11-8-23(37)9-12-36/h1-7,10,17-19,23,37H,8-9,11-16H2,(H,33,38). The van der Waals surface area contributed by atoms with E-state index in [0.29, 0.717) is 81.2 Å².